The zero-order valence-corrected chi connectivity index (χ0v) is 13.4. The summed E-state index contributed by atoms with van der Waals surface area (Å²) in [6.07, 6.45) is 0.193. The van der Waals surface area contributed by atoms with Crippen LogP contribution in [0.1, 0.15) is 26.3 Å². The highest BCUT2D eigenvalue weighted by Crippen LogP contribution is 2.36. The van der Waals surface area contributed by atoms with Crippen LogP contribution in [0.4, 0.5) is 0 Å². The zero-order valence-electron chi connectivity index (χ0n) is 12.7. The molecular weight excluding hydrogens is 278 g/mol. The number of hydrogen-bond donors (Lipinski definition) is 1. The Morgan fingerprint density at radius 1 is 1.25 bits per heavy atom. The standard InChI is InChI=1S/C15H24ClNO3/c1-5-17-10-12-8-13(16)15(14(9-12)18-4)20-7-6-19-11(2)3/h8-9,11,17H,5-7,10H2,1-4H3. The van der Waals surface area contributed by atoms with Gasteiger partial charge in [0.2, 0.25) is 0 Å². The molecule has 0 bridgehead atoms. The molecule has 0 saturated heterocycles. The third-order valence-electron chi connectivity index (χ3n) is 2.65. The number of benzene rings is 1. The Hall–Kier alpha value is -0.970. The molecule has 0 amide bonds. The summed E-state index contributed by atoms with van der Waals surface area (Å²) in [5.41, 5.74) is 1.07. The third-order valence-corrected chi connectivity index (χ3v) is 2.93. The van der Waals surface area contributed by atoms with E-state index in [0.29, 0.717) is 29.7 Å². The van der Waals surface area contributed by atoms with Crippen molar-refractivity contribution in [1.82, 2.24) is 5.32 Å². The average molecular weight is 302 g/mol. The molecule has 20 heavy (non-hydrogen) atoms. The Labute approximate surface area is 126 Å². The molecule has 1 aromatic rings. The van der Waals surface area contributed by atoms with Crippen molar-refractivity contribution in [3.63, 3.8) is 0 Å². The van der Waals surface area contributed by atoms with Crippen LogP contribution < -0.4 is 14.8 Å². The van der Waals surface area contributed by atoms with Crippen LogP contribution in [0.3, 0.4) is 0 Å². The second-order valence-corrected chi connectivity index (χ2v) is 5.06. The molecule has 1 aromatic carbocycles. The number of halogens is 1. The van der Waals surface area contributed by atoms with E-state index in [-0.39, 0.29) is 6.10 Å². The van der Waals surface area contributed by atoms with Crippen molar-refractivity contribution in [3.8, 4) is 11.5 Å². The van der Waals surface area contributed by atoms with Gasteiger partial charge in [0.05, 0.1) is 24.8 Å². The van der Waals surface area contributed by atoms with Gasteiger partial charge in [0, 0.05) is 6.54 Å². The van der Waals surface area contributed by atoms with Crippen molar-refractivity contribution in [2.24, 2.45) is 0 Å². The van der Waals surface area contributed by atoms with Gasteiger partial charge in [-0.3, -0.25) is 0 Å². The van der Waals surface area contributed by atoms with Crippen LogP contribution in [-0.2, 0) is 11.3 Å². The fraction of sp³-hybridized carbons (Fsp3) is 0.600. The number of nitrogens with one attached hydrogen (secondary N) is 1. The first-order valence-electron chi connectivity index (χ1n) is 6.90. The van der Waals surface area contributed by atoms with Gasteiger partial charge in [0.15, 0.2) is 11.5 Å². The van der Waals surface area contributed by atoms with Crippen molar-refractivity contribution in [3.05, 3.63) is 22.7 Å². The van der Waals surface area contributed by atoms with Crippen LogP contribution in [0, 0.1) is 0 Å². The molecule has 1 N–H and O–H groups in total. The molecular formula is C15H24ClNO3. The van der Waals surface area contributed by atoms with Gasteiger partial charge in [-0.05, 0) is 38.1 Å². The van der Waals surface area contributed by atoms with Crippen molar-refractivity contribution in [2.45, 2.75) is 33.4 Å². The Morgan fingerprint density at radius 2 is 2.00 bits per heavy atom. The monoisotopic (exact) mass is 301 g/mol. The molecule has 0 fully saturated rings. The van der Waals surface area contributed by atoms with E-state index in [4.69, 9.17) is 25.8 Å². The van der Waals surface area contributed by atoms with Crippen molar-refractivity contribution < 1.29 is 14.2 Å². The number of hydrogen-bond acceptors (Lipinski definition) is 4. The lowest BCUT2D eigenvalue weighted by Crippen LogP contribution is -2.13. The quantitative estimate of drug-likeness (QED) is 0.711. The lowest BCUT2D eigenvalue weighted by molar-refractivity contribution is 0.0547. The van der Waals surface area contributed by atoms with Crippen LogP contribution in [-0.4, -0.2) is 33.0 Å². The van der Waals surface area contributed by atoms with Gasteiger partial charge < -0.3 is 19.5 Å². The number of rotatable bonds is 9. The topological polar surface area (TPSA) is 39.7 Å². The predicted octanol–water partition coefficient (Wildman–Crippen LogP) is 3.26. The van der Waals surface area contributed by atoms with Crippen LogP contribution in [0.5, 0.6) is 11.5 Å². The molecule has 0 radical (unpaired) electrons. The Bertz CT molecular complexity index is 410. The van der Waals surface area contributed by atoms with Crippen LogP contribution in [0.2, 0.25) is 5.02 Å². The maximum atomic E-state index is 6.26. The predicted molar refractivity (Wildman–Crippen MR) is 82.0 cm³/mol. The largest absolute Gasteiger partial charge is 0.493 e. The molecule has 0 aromatic heterocycles. The fourth-order valence-corrected chi connectivity index (χ4v) is 2.00. The van der Waals surface area contributed by atoms with E-state index in [1.807, 2.05) is 26.0 Å². The minimum atomic E-state index is 0.193. The maximum absolute atomic E-state index is 6.26. The molecule has 0 aliphatic rings. The van der Waals surface area contributed by atoms with Crippen molar-refractivity contribution in [1.29, 1.82) is 0 Å². The summed E-state index contributed by atoms with van der Waals surface area (Å²) in [6, 6.07) is 3.83. The zero-order chi connectivity index (χ0) is 15.0. The van der Waals surface area contributed by atoms with Gasteiger partial charge in [-0.2, -0.15) is 0 Å². The van der Waals surface area contributed by atoms with Gasteiger partial charge in [0.1, 0.15) is 6.61 Å². The van der Waals surface area contributed by atoms with Gasteiger partial charge in [-0.15, -0.1) is 0 Å². The second-order valence-electron chi connectivity index (χ2n) is 4.66. The molecule has 0 spiro atoms. The lowest BCUT2D eigenvalue weighted by atomic mass is 10.2. The van der Waals surface area contributed by atoms with Gasteiger partial charge in [0.25, 0.3) is 0 Å². The molecule has 0 aliphatic heterocycles. The highest BCUT2D eigenvalue weighted by Gasteiger charge is 2.12. The first-order valence-corrected chi connectivity index (χ1v) is 7.27. The minimum Gasteiger partial charge on any atom is -0.493 e. The van der Waals surface area contributed by atoms with Crippen LogP contribution >= 0.6 is 11.6 Å². The SMILES string of the molecule is CCNCc1cc(Cl)c(OCCOC(C)C)c(OC)c1. The van der Waals surface area contributed by atoms with E-state index < -0.39 is 0 Å². The smallest absolute Gasteiger partial charge is 0.179 e. The molecule has 114 valence electrons. The van der Waals surface area contributed by atoms with E-state index >= 15 is 0 Å². The molecule has 4 nitrogen and oxygen atoms in total. The molecule has 0 heterocycles. The highest BCUT2D eigenvalue weighted by atomic mass is 35.5. The summed E-state index contributed by atoms with van der Waals surface area (Å²) in [6.45, 7) is 8.67. The summed E-state index contributed by atoms with van der Waals surface area (Å²) in [4.78, 5) is 0. The summed E-state index contributed by atoms with van der Waals surface area (Å²) in [5, 5.41) is 3.81. The fourth-order valence-electron chi connectivity index (χ4n) is 1.71. The van der Waals surface area contributed by atoms with E-state index in [9.17, 15) is 0 Å². The normalized spacial score (nSPS) is 10.9. The van der Waals surface area contributed by atoms with Crippen molar-refractivity contribution >= 4 is 11.6 Å². The molecule has 0 saturated carbocycles. The van der Waals surface area contributed by atoms with Crippen molar-refractivity contribution in [2.75, 3.05) is 26.9 Å². The summed E-state index contributed by atoms with van der Waals surface area (Å²) in [5.74, 6) is 1.22. The van der Waals surface area contributed by atoms with E-state index in [1.165, 1.54) is 0 Å². The van der Waals surface area contributed by atoms with Gasteiger partial charge in [-0.25, -0.2) is 0 Å². The lowest BCUT2D eigenvalue weighted by Gasteiger charge is -2.15. The molecule has 1 rings (SSSR count). The average Bonchev–Trinajstić information content (AvgIpc) is 2.42. The minimum absolute atomic E-state index is 0.193. The summed E-state index contributed by atoms with van der Waals surface area (Å²) >= 11 is 6.26. The Morgan fingerprint density at radius 3 is 2.60 bits per heavy atom. The maximum Gasteiger partial charge on any atom is 0.179 e. The Balaban J connectivity index is 2.69. The van der Waals surface area contributed by atoms with Crippen LogP contribution in [0.15, 0.2) is 12.1 Å². The summed E-state index contributed by atoms with van der Waals surface area (Å²) < 4.78 is 16.4. The van der Waals surface area contributed by atoms with Crippen LogP contribution in [0.25, 0.3) is 0 Å². The van der Waals surface area contributed by atoms with Gasteiger partial charge >= 0.3 is 0 Å². The highest BCUT2D eigenvalue weighted by molar-refractivity contribution is 6.32. The Kier molecular flexibility index (Phi) is 7.73. The summed E-state index contributed by atoms with van der Waals surface area (Å²) in [7, 11) is 1.61. The molecule has 0 atom stereocenters. The molecule has 5 heteroatoms. The van der Waals surface area contributed by atoms with E-state index in [1.54, 1.807) is 7.11 Å². The molecule has 0 unspecified atom stereocenters. The van der Waals surface area contributed by atoms with E-state index in [2.05, 4.69) is 12.2 Å². The third kappa shape index (κ3) is 5.57. The van der Waals surface area contributed by atoms with E-state index in [0.717, 1.165) is 18.7 Å². The van der Waals surface area contributed by atoms with Gasteiger partial charge in [-0.1, -0.05) is 18.5 Å². The molecule has 0 aliphatic carbocycles. The first-order chi connectivity index (χ1) is 9.58. The number of ether oxygens (including phenoxy) is 3. The second kappa shape index (κ2) is 9.06. The first kappa shape index (κ1) is 17.1. The number of methoxy groups -OCH3 is 1.